The molecule has 1 atom stereocenters. The molecule has 0 saturated carbocycles. The quantitative estimate of drug-likeness (QED) is 0.933. The maximum atomic E-state index is 4.67. The summed E-state index contributed by atoms with van der Waals surface area (Å²) < 4.78 is 3.39. The zero-order valence-corrected chi connectivity index (χ0v) is 12.7. The Morgan fingerprint density at radius 1 is 1.47 bits per heavy atom. The summed E-state index contributed by atoms with van der Waals surface area (Å²) in [5.74, 6) is 1.15. The molecule has 2 aromatic rings. The number of halogens is 1. The zero-order valence-electron chi connectivity index (χ0n) is 11.1. The van der Waals surface area contributed by atoms with Crippen LogP contribution < -0.4 is 0 Å². The molecule has 0 aliphatic carbocycles. The van der Waals surface area contributed by atoms with Gasteiger partial charge in [-0.15, -0.1) is 0 Å². The highest BCUT2D eigenvalue weighted by molar-refractivity contribution is 9.10. The van der Waals surface area contributed by atoms with E-state index in [0.717, 1.165) is 47.9 Å². The number of aromatic amines is 1. The Labute approximate surface area is 120 Å². The monoisotopic (exact) mass is 324 g/mol. The first-order chi connectivity index (χ1) is 9.16. The van der Waals surface area contributed by atoms with Crippen molar-refractivity contribution in [1.29, 1.82) is 0 Å². The van der Waals surface area contributed by atoms with Gasteiger partial charge in [-0.2, -0.15) is 15.4 Å². The Morgan fingerprint density at radius 3 is 3.05 bits per heavy atom. The predicted octanol–water partition coefficient (Wildman–Crippen LogP) is 1.69. The number of imidazole rings is 1. The molecule has 0 fully saturated rings. The third kappa shape index (κ3) is 2.32. The second-order valence-corrected chi connectivity index (χ2v) is 5.67. The van der Waals surface area contributed by atoms with Crippen LogP contribution in [0.2, 0.25) is 0 Å². The number of fused-ring (bicyclic) bond motifs is 1. The van der Waals surface area contributed by atoms with Gasteiger partial charge in [0.15, 0.2) is 0 Å². The summed E-state index contributed by atoms with van der Waals surface area (Å²) in [5.41, 5.74) is 2.08. The van der Waals surface area contributed by atoms with Gasteiger partial charge in [0.25, 0.3) is 0 Å². The van der Waals surface area contributed by atoms with Gasteiger partial charge >= 0.3 is 0 Å². The molecule has 1 aliphatic rings. The van der Waals surface area contributed by atoms with Crippen molar-refractivity contribution in [2.45, 2.75) is 32.9 Å². The van der Waals surface area contributed by atoms with Crippen LogP contribution in [-0.4, -0.2) is 43.0 Å². The molecular formula is C12H17BrN6. The minimum atomic E-state index is 0.339. The maximum absolute atomic E-state index is 4.67. The van der Waals surface area contributed by atoms with Crippen molar-refractivity contribution in [2.75, 3.05) is 13.1 Å². The van der Waals surface area contributed by atoms with Gasteiger partial charge in [0.05, 0.1) is 23.6 Å². The fraction of sp³-hybridized carbons (Fsp3) is 0.583. The summed E-state index contributed by atoms with van der Waals surface area (Å²) in [6.45, 7) is 7.27. The average Bonchev–Trinajstić information content (AvgIpc) is 3.00. The lowest BCUT2D eigenvalue weighted by atomic mass is 10.2. The fourth-order valence-corrected chi connectivity index (χ4v) is 3.05. The molecule has 1 aliphatic heterocycles. The van der Waals surface area contributed by atoms with Crippen molar-refractivity contribution in [3.05, 3.63) is 28.0 Å². The Kier molecular flexibility index (Phi) is 3.40. The molecular weight excluding hydrogens is 308 g/mol. The molecule has 1 N–H and O–H groups in total. The second-order valence-electron chi connectivity index (χ2n) is 4.92. The van der Waals surface area contributed by atoms with E-state index >= 15 is 0 Å². The zero-order chi connectivity index (χ0) is 13.4. The third-order valence-electron chi connectivity index (χ3n) is 3.75. The van der Waals surface area contributed by atoms with Crippen molar-refractivity contribution in [3.63, 3.8) is 0 Å². The number of rotatable bonds is 3. The molecule has 0 aromatic carbocycles. The molecule has 0 bridgehead atoms. The van der Waals surface area contributed by atoms with Crippen LogP contribution in [0, 0.1) is 6.92 Å². The van der Waals surface area contributed by atoms with Crippen LogP contribution in [0.5, 0.6) is 0 Å². The van der Waals surface area contributed by atoms with Gasteiger partial charge in [0, 0.05) is 26.1 Å². The molecule has 19 heavy (non-hydrogen) atoms. The molecule has 6 nitrogen and oxygen atoms in total. The highest BCUT2D eigenvalue weighted by Gasteiger charge is 2.27. The first-order valence-corrected chi connectivity index (χ1v) is 7.27. The number of hydrogen-bond acceptors (Lipinski definition) is 4. The van der Waals surface area contributed by atoms with Gasteiger partial charge < -0.3 is 4.57 Å². The van der Waals surface area contributed by atoms with Gasteiger partial charge in [-0.25, -0.2) is 4.98 Å². The van der Waals surface area contributed by atoms with Gasteiger partial charge in [-0.05, 0) is 29.8 Å². The molecule has 7 heteroatoms. The van der Waals surface area contributed by atoms with Crippen LogP contribution in [0.1, 0.15) is 30.2 Å². The molecule has 0 amide bonds. The lowest BCUT2D eigenvalue weighted by Crippen LogP contribution is -2.38. The van der Waals surface area contributed by atoms with Crippen molar-refractivity contribution in [3.8, 4) is 0 Å². The maximum Gasteiger partial charge on any atom is 0.127 e. The van der Waals surface area contributed by atoms with Gasteiger partial charge in [-0.1, -0.05) is 0 Å². The Morgan fingerprint density at radius 2 is 2.32 bits per heavy atom. The number of H-pyrrole nitrogens is 1. The van der Waals surface area contributed by atoms with Crippen LogP contribution in [0.15, 0.2) is 10.8 Å². The van der Waals surface area contributed by atoms with Crippen LogP contribution in [0.25, 0.3) is 0 Å². The van der Waals surface area contributed by atoms with E-state index in [0.29, 0.717) is 6.04 Å². The Balaban J connectivity index is 1.72. The van der Waals surface area contributed by atoms with Crippen molar-refractivity contribution < 1.29 is 0 Å². The first-order valence-electron chi connectivity index (χ1n) is 6.48. The minimum Gasteiger partial charge on any atom is -0.320 e. The van der Waals surface area contributed by atoms with Gasteiger partial charge in [0.2, 0.25) is 0 Å². The van der Waals surface area contributed by atoms with E-state index in [1.54, 1.807) is 6.20 Å². The average molecular weight is 325 g/mol. The van der Waals surface area contributed by atoms with E-state index in [2.05, 4.69) is 52.7 Å². The topological polar surface area (TPSA) is 62.6 Å². The normalized spacial score (nSPS) is 19.6. The fourth-order valence-electron chi connectivity index (χ4n) is 2.60. The first kappa shape index (κ1) is 12.8. The second kappa shape index (κ2) is 5.05. The number of hydrogen-bond donors (Lipinski definition) is 1. The lowest BCUT2D eigenvalue weighted by molar-refractivity contribution is 0.165. The van der Waals surface area contributed by atoms with Crippen LogP contribution >= 0.6 is 15.9 Å². The number of nitrogens with zero attached hydrogens (tertiary/aromatic N) is 5. The van der Waals surface area contributed by atoms with E-state index in [-0.39, 0.29) is 0 Å². The van der Waals surface area contributed by atoms with E-state index in [1.807, 2.05) is 6.92 Å². The number of nitrogens with one attached hydrogen (secondary N) is 1. The molecule has 1 unspecified atom stereocenters. The summed E-state index contributed by atoms with van der Waals surface area (Å²) >= 11 is 3.61. The molecule has 0 radical (unpaired) electrons. The number of aromatic nitrogens is 5. The van der Waals surface area contributed by atoms with E-state index < -0.39 is 0 Å². The van der Waals surface area contributed by atoms with E-state index in [4.69, 9.17) is 0 Å². The highest BCUT2D eigenvalue weighted by atomic mass is 79.9. The molecule has 0 spiro atoms. The lowest BCUT2D eigenvalue weighted by Gasteiger charge is -2.33. The van der Waals surface area contributed by atoms with Crippen molar-refractivity contribution >= 4 is 15.9 Å². The van der Waals surface area contributed by atoms with Crippen LogP contribution in [0.4, 0.5) is 0 Å². The summed E-state index contributed by atoms with van der Waals surface area (Å²) in [5, 5.41) is 10.6. The molecule has 3 heterocycles. The molecule has 3 rings (SSSR count). The third-order valence-corrected chi connectivity index (χ3v) is 4.75. The van der Waals surface area contributed by atoms with E-state index in [9.17, 15) is 0 Å². The summed E-state index contributed by atoms with van der Waals surface area (Å²) in [6, 6.07) is 0.339. The van der Waals surface area contributed by atoms with Crippen LogP contribution in [0.3, 0.4) is 0 Å². The van der Waals surface area contributed by atoms with E-state index in [1.165, 1.54) is 0 Å². The molecule has 2 aromatic heterocycles. The summed E-state index contributed by atoms with van der Waals surface area (Å²) in [6.07, 6.45) is 2.71. The largest absolute Gasteiger partial charge is 0.320 e. The number of aryl methyl sites for hydroxylation is 1. The van der Waals surface area contributed by atoms with Crippen LogP contribution in [-0.2, 0) is 13.0 Å². The Bertz CT molecular complexity index is 561. The van der Waals surface area contributed by atoms with Crippen molar-refractivity contribution in [2.24, 2.45) is 0 Å². The predicted molar refractivity (Wildman–Crippen MR) is 74.7 cm³/mol. The molecule has 102 valence electrons. The summed E-state index contributed by atoms with van der Waals surface area (Å²) in [4.78, 5) is 7.11. The van der Waals surface area contributed by atoms with Gasteiger partial charge in [-0.3, -0.25) is 4.90 Å². The van der Waals surface area contributed by atoms with Gasteiger partial charge in [0.1, 0.15) is 10.4 Å². The smallest absolute Gasteiger partial charge is 0.127 e. The minimum absolute atomic E-state index is 0.339. The van der Waals surface area contributed by atoms with Crippen molar-refractivity contribution in [1.82, 2.24) is 29.9 Å². The highest BCUT2D eigenvalue weighted by Crippen LogP contribution is 2.29. The summed E-state index contributed by atoms with van der Waals surface area (Å²) in [7, 11) is 0. The molecule has 0 saturated heterocycles. The standard InChI is InChI=1S/C12H17BrN6/c1-8-11(13)19-6-5-18(9(2)12(19)15-8)4-3-10-7-14-17-16-10/h7,9H,3-6H2,1-2H3,(H,14,16,17). The SMILES string of the molecule is Cc1nc2n(c1Br)CCN(CCc1cn[nH]n1)C2C. The Hall–Kier alpha value is -1.21.